The Hall–Kier alpha value is -1.46. The molecular weight excluding hydrogens is 294 g/mol. The average Bonchev–Trinajstić information content (AvgIpc) is 2.91. The van der Waals surface area contributed by atoms with E-state index in [2.05, 4.69) is 10.3 Å². The highest BCUT2D eigenvalue weighted by Crippen LogP contribution is 2.22. The zero-order chi connectivity index (χ0) is 14.4. The maximum atomic E-state index is 11.6. The number of imidazole rings is 1. The van der Waals surface area contributed by atoms with E-state index >= 15 is 0 Å². The number of thioether (sulfide) groups is 1. The lowest BCUT2D eigenvalue weighted by molar-refractivity contribution is -0.118. The van der Waals surface area contributed by atoms with Gasteiger partial charge < -0.3 is 5.32 Å². The topological polar surface area (TPSA) is 46.9 Å². The van der Waals surface area contributed by atoms with Crippen molar-refractivity contribution in [2.24, 2.45) is 0 Å². The second-order valence-corrected chi connectivity index (χ2v) is 5.58. The highest BCUT2D eigenvalue weighted by Gasteiger charge is 2.08. The molecule has 1 amide bonds. The smallest absolute Gasteiger partial charge is 0.230 e. The number of benzene rings is 1. The number of carbonyl (C=O) groups is 1. The molecule has 0 saturated heterocycles. The summed E-state index contributed by atoms with van der Waals surface area (Å²) in [6, 6.07) is 7.53. The lowest BCUT2D eigenvalue weighted by atomic mass is 10.3. The summed E-state index contributed by atoms with van der Waals surface area (Å²) in [5.41, 5.74) is 0.937. The van der Waals surface area contributed by atoms with Gasteiger partial charge in [-0.1, -0.05) is 36.4 Å². The third-order valence-electron chi connectivity index (χ3n) is 2.60. The van der Waals surface area contributed by atoms with E-state index < -0.39 is 0 Å². The molecule has 1 aromatic heterocycles. The summed E-state index contributed by atoms with van der Waals surface area (Å²) in [6.45, 7) is 2.74. The van der Waals surface area contributed by atoms with Crippen molar-refractivity contribution in [3.63, 3.8) is 0 Å². The van der Waals surface area contributed by atoms with Crippen molar-refractivity contribution in [1.29, 1.82) is 0 Å². The van der Waals surface area contributed by atoms with Crippen LogP contribution in [0.1, 0.15) is 13.3 Å². The summed E-state index contributed by atoms with van der Waals surface area (Å²) in [4.78, 5) is 15.9. The quantitative estimate of drug-likeness (QED) is 0.834. The summed E-state index contributed by atoms with van der Waals surface area (Å²) >= 11 is 7.40. The second kappa shape index (κ2) is 7.36. The zero-order valence-electron chi connectivity index (χ0n) is 11.2. The average molecular weight is 310 g/mol. The van der Waals surface area contributed by atoms with Gasteiger partial charge in [-0.25, -0.2) is 4.98 Å². The maximum absolute atomic E-state index is 11.6. The monoisotopic (exact) mass is 309 g/mol. The van der Waals surface area contributed by atoms with Crippen LogP contribution in [0, 0.1) is 0 Å². The van der Waals surface area contributed by atoms with Crippen molar-refractivity contribution in [1.82, 2.24) is 14.9 Å². The fourth-order valence-corrected chi connectivity index (χ4v) is 2.65. The molecule has 1 N–H and O–H groups in total. The number of hydrogen-bond donors (Lipinski definition) is 1. The molecule has 2 rings (SSSR count). The predicted molar refractivity (Wildman–Crippen MR) is 82.6 cm³/mol. The van der Waals surface area contributed by atoms with Gasteiger partial charge in [0.15, 0.2) is 5.16 Å². The van der Waals surface area contributed by atoms with Crippen LogP contribution in [0.3, 0.4) is 0 Å². The van der Waals surface area contributed by atoms with Gasteiger partial charge in [0.2, 0.25) is 5.91 Å². The van der Waals surface area contributed by atoms with E-state index in [1.54, 1.807) is 6.20 Å². The Bertz CT molecular complexity index is 585. The molecule has 6 heteroatoms. The molecule has 1 aromatic carbocycles. The molecule has 0 saturated carbocycles. The molecule has 0 radical (unpaired) electrons. The number of hydrogen-bond acceptors (Lipinski definition) is 3. The van der Waals surface area contributed by atoms with E-state index in [1.807, 2.05) is 42.0 Å². The van der Waals surface area contributed by atoms with Gasteiger partial charge in [-0.15, -0.1) is 0 Å². The summed E-state index contributed by atoms with van der Waals surface area (Å²) in [7, 11) is 0. The van der Waals surface area contributed by atoms with Gasteiger partial charge >= 0.3 is 0 Å². The van der Waals surface area contributed by atoms with Crippen LogP contribution >= 0.6 is 23.4 Å². The number of rotatable bonds is 6. The first-order valence-electron chi connectivity index (χ1n) is 6.39. The maximum Gasteiger partial charge on any atom is 0.230 e. The molecule has 0 aliphatic rings. The van der Waals surface area contributed by atoms with Gasteiger partial charge in [0, 0.05) is 29.6 Å². The summed E-state index contributed by atoms with van der Waals surface area (Å²) in [5, 5.41) is 4.30. The predicted octanol–water partition coefficient (Wildman–Crippen LogP) is 3.14. The number of carbonyl (C=O) groups excluding carboxylic acids is 1. The Morgan fingerprint density at radius 3 is 3.10 bits per heavy atom. The van der Waals surface area contributed by atoms with Gasteiger partial charge in [0.05, 0.1) is 5.75 Å². The minimum absolute atomic E-state index is 0.0255. The first-order valence-corrected chi connectivity index (χ1v) is 7.76. The van der Waals surface area contributed by atoms with Crippen LogP contribution in [-0.4, -0.2) is 27.8 Å². The fraction of sp³-hybridized carbons (Fsp3) is 0.286. The highest BCUT2D eigenvalue weighted by atomic mass is 35.5. The molecule has 0 aliphatic heterocycles. The first kappa shape index (κ1) is 14.9. The SMILES string of the molecule is CCCNC(=O)CSc1nccn1-c1cccc(Cl)c1. The Labute approximate surface area is 127 Å². The molecule has 106 valence electrons. The molecule has 0 atom stereocenters. The third-order valence-corrected chi connectivity index (χ3v) is 3.80. The fourth-order valence-electron chi connectivity index (χ4n) is 1.66. The van der Waals surface area contributed by atoms with Gasteiger partial charge in [0.1, 0.15) is 0 Å². The van der Waals surface area contributed by atoms with E-state index in [9.17, 15) is 4.79 Å². The lowest BCUT2D eigenvalue weighted by Crippen LogP contribution is -2.25. The zero-order valence-corrected chi connectivity index (χ0v) is 12.7. The van der Waals surface area contributed by atoms with Crippen LogP contribution in [0.4, 0.5) is 0 Å². The molecular formula is C14H16ClN3OS. The van der Waals surface area contributed by atoms with E-state index in [0.717, 1.165) is 17.3 Å². The largest absolute Gasteiger partial charge is 0.355 e. The van der Waals surface area contributed by atoms with Crippen molar-refractivity contribution < 1.29 is 4.79 Å². The van der Waals surface area contributed by atoms with Crippen LogP contribution < -0.4 is 5.32 Å². The van der Waals surface area contributed by atoms with Crippen LogP contribution in [-0.2, 0) is 4.79 Å². The van der Waals surface area contributed by atoms with E-state index in [1.165, 1.54) is 11.8 Å². The van der Waals surface area contributed by atoms with E-state index in [0.29, 0.717) is 17.3 Å². The number of halogens is 1. The van der Waals surface area contributed by atoms with Crippen molar-refractivity contribution >= 4 is 29.3 Å². The number of nitrogens with one attached hydrogen (secondary N) is 1. The summed E-state index contributed by atoms with van der Waals surface area (Å²) < 4.78 is 1.92. The number of amides is 1. The van der Waals surface area contributed by atoms with Gasteiger partial charge in [-0.05, 0) is 24.6 Å². The molecule has 20 heavy (non-hydrogen) atoms. The van der Waals surface area contributed by atoms with Crippen LogP contribution in [0.15, 0.2) is 41.8 Å². The molecule has 0 aliphatic carbocycles. The Morgan fingerprint density at radius 1 is 1.50 bits per heavy atom. The minimum Gasteiger partial charge on any atom is -0.355 e. The van der Waals surface area contributed by atoms with Gasteiger partial charge in [-0.2, -0.15) is 0 Å². The molecule has 0 bridgehead atoms. The normalized spacial score (nSPS) is 10.5. The number of aromatic nitrogens is 2. The molecule has 0 spiro atoms. The third kappa shape index (κ3) is 4.02. The van der Waals surface area contributed by atoms with Crippen molar-refractivity contribution in [3.8, 4) is 5.69 Å². The van der Waals surface area contributed by atoms with Crippen LogP contribution in [0.2, 0.25) is 5.02 Å². The first-order chi connectivity index (χ1) is 9.70. The molecule has 0 unspecified atom stereocenters. The van der Waals surface area contributed by atoms with Crippen molar-refractivity contribution in [2.75, 3.05) is 12.3 Å². The van der Waals surface area contributed by atoms with E-state index in [4.69, 9.17) is 11.6 Å². The number of nitrogens with zero attached hydrogens (tertiary/aromatic N) is 2. The molecule has 4 nitrogen and oxygen atoms in total. The highest BCUT2D eigenvalue weighted by molar-refractivity contribution is 7.99. The molecule has 1 heterocycles. The van der Waals surface area contributed by atoms with Gasteiger partial charge in [-0.3, -0.25) is 9.36 Å². The summed E-state index contributed by atoms with van der Waals surface area (Å²) in [5.74, 6) is 0.384. The van der Waals surface area contributed by atoms with Crippen molar-refractivity contribution in [3.05, 3.63) is 41.7 Å². The Balaban J connectivity index is 2.04. The van der Waals surface area contributed by atoms with Crippen LogP contribution in [0.25, 0.3) is 5.69 Å². The lowest BCUT2D eigenvalue weighted by Gasteiger charge is -2.08. The van der Waals surface area contributed by atoms with Gasteiger partial charge in [0.25, 0.3) is 0 Å². The van der Waals surface area contributed by atoms with Crippen molar-refractivity contribution in [2.45, 2.75) is 18.5 Å². The molecule has 2 aromatic rings. The van der Waals surface area contributed by atoms with Crippen LogP contribution in [0.5, 0.6) is 0 Å². The Morgan fingerprint density at radius 2 is 2.35 bits per heavy atom. The second-order valence-electron chi connectivity index (χ2n) is 4.20. The minimum atomic E-state index is 0.0255. The standard InChI is InChI=1S/C14H16ClN3OS/c1-2-6-16-13(19)10-20-14-17-7-8-18(14)12-5-3-4-11(15)9-12/h3-5,7-9H,2,6,10H2,1H3,(H,16,19). The molecule has 0 fully saturated rings. The summed E-state index contributed by atoms with van der Waals surface area (Å²) in [6.07, 6.45) is 4.51. The van der Waals surface area contributed by atoms with E-state index in [-0.39, 0.29) is 5.91 Å². The Kier molecular flexibility index (Phi) is 5.49.